The second-order valence-electron chi connectivity index (χ2n) is 4.19. The van der Waals surface area contributed by atoms with Crippen LogP contribution < -0.4 is 0 Å². The zero-order valence-corrected chi connectivity index (χ0v) is 11.3. The number of carbonyl (C=O) groups is 2. The van der Waals surface area contributed by atoms with Crippen LogP contribution in [0.15, 0.2) is 0 Å². The van der Waals surface area contributed by atoms with Crippen molar-refractivity contribution in [3.8, 4) is 0 Å². The van der Waals surface area contributed by atoms with Crippen LogP contribution in [0.3, 0.4) is 0 Å². The molecule has 0 saturated heterocycles. The minimum Gasteiger partial charge on any atom is -0.481 e. The zero-order chi connectivity index (χ0) is 13.8. The fourth-order valence-electron chi connectivity index (χ4n) is 1.31. The van der Waals surface area contributed by atoms with Crippen molar-refractivity contribution in [3.05, 3.63) is 0 Å². The van der Waals surface area contributed by atoms with Crippen molar-refractivity contribution in [2.45, 2.75) is 58.7 Å². The third-order valence-electron chi connectivity index (χ3n) is 2.35. The number of unbranched alkanes of at least 4 members (excludes halogenated alkanes) is 2. The summed E-state index contributed by atoms with van der Waals surface area (Å²) >= 11 is 0. The number of carboxylic acid groups (broad SMARTS) is 1. The van der Waals surface area contributed by atoms with Crippen LogP contribution in [0, 0.1) is 0 Å². The van der Waals surface area contributed by atoms with Crippen molar-refractivity contribution >= 4 is 11.8 Å². The Bertz CT molecular complexity index is 230. The van der Waals surface area contributed by atoms with E-state index < -0.39 is 18.7 Å². The number of rotatable bonds is 12. The summed E-state index contributed by atoms with van der Waals surface area (Å²) in [6.45, 7) is 5.17. The maximum absolute atomic E-state index is 11.4. The monoisotopic (exact) mass is 260 g/mol. The van der Waals surface area contributed by atoms with Gasteiger partial charge in [0.15, 0.2) is 6.29 Å². The minimum atomic E-state index is -1.11. The summed E-state index contributed by atoms with van der Waals surface area (Å²) in [4.78, 5) is 21.8. The van der Waals surface area contributed by atoms with Gasteiger partial charge in [0.1, 0.15) is 12.2 Å². The first-order valence-corrected chi connectivity index (χ1v) is 6.56. The highest BCUT2D eigenvalue weighted by molar-refractivity contribution is 5.94. The van der Waals surface area contributed by atoms with Gasteiger partial charge in [0.05, 0.1) is 6.42 Å². The van der Waals surface area contributed by atoms with E-state index in [1.165, 1.54) is 0 Å². The Balaban J connectivity index is 4.01. The Morgan fingerprint density at radius 1 is 1.06 bits per heavy atom. The SMILES string of the molecule is CCCCOC(CC(=O)CC(=O)O)OCCCC. The van der Waals surface area contributed by atoms with E-state index in [1.54, 1.807) is 0 Å². The van der Waals surface area contributed by atoms with Gasteiger partial charge in [-0.25, -0.2) is 0 Å². The molecule has 0 spiro atoms. The van der Waals surface area contributed by atoms with E-state index in [0.29, 0.717) is 13.2 Å². The van der Waals surface area contributed by atoms with Crippen molar-refractivity contribution < 1.29 is 24.2 Å². The van der Waals surface area contributed by atoms with Gasteiger partial charge in [0, 0.05) is 13.2 Å². The predicted octanol–water partition coefficient (Wildman–Crippen LogP) is 2.38. The second kappa shape index (κ2) is 11.2. The lowest BCUT2D eigenvalue weighted by atomic mass is 10.2. The molecule has 1 N–H and O–H groups in total. The molecular formula is C13H24O5. The highest BCUT2D eigenvalue weighted by Crippen LogP contribution is 2.07. The molecule has 0 unspecified atom stereocenters. The quantitative estimate of drug-likeness (QED) is 0.331. The smallest absolute Gasteiger partial charge is 0.310 e. The van der Waals surface area contributed by atoms with Gasteiger partial charge >= 0.3 is 5.97 Å². The summed E-state index contributed by atoms with van der Waals surface area (Å²) in [6, 6.07) is 0. The van der Waals surface area contributed by atoms with Crippen LogP contribution in [0.1, 0.15) is 52.4 Å². The molecule has 0 saturated carbocycles. The lowest BCUT2D eigenvalue weighted by Crippen LogP contribution is -2.23. The Labute approximate surface area is 108 Å². The summed E-state index contributed by atoms with van der Waals surface area (Å²) in [6.07, 6.45) is 2.76. The topological polar surface area (TPSA) is 72.8 Å². The van der Waals surface area contributed by atoms with E-state index in [0.717, 1.165) is 25.7 Å². The first-order chi connectivity index (χ1) is 8.60. The Morgan fingerprint density at radius 3 is 1.94 bits per heavy atom. The van der Waals surface area contributed by atoms with Crippen LogP contribution in [0.2, 0.25) is 0 Å². The highest BCUT2D eigenvalue weighted by atomic mass is 16.7. The summed E-state index contributed by atoms with van der Waals surface area (Å²) in [7, 11) is 0. The van der Waals surface area contributed by atoms with Gasteiger partial charge in [0.25, 0.3) is 0 Å². The molecule has 18 heavy (non-hydrogen) atoms. The molecule has 0 aliphatic heterocycles. The summed E-state index contributed by atoms with van der Waals surface area (Å²) < 4.78 is 10.9. The van der Waals surface area contributed by atoms with Crippen LogP contribution in [-0.2, 0) is 19.1 Å². The maximum Gasteiger partial charge on any atom is 0.310 e. The predicted molar refractivity (Wildman–Crippen MR) is 67.4 cm³/mol. The third kappa shape index (κ3) is 10.2. The first-order valence-electron chi connectivity index (χ1n) is 6.56. The first kappa shape index (κ1) is 17.1. The number of Topliss-reactive ketones (excluding diaryl/α,β-unsaturated/α-hetero) is 1. The number of hydrogen-bond acceptors (Lipinski definition) is 4. The van der Waals surface area contributed by atoms with Crippen LogP contribution in [0.25, 0.3) is 0 Å². The van der Waals surface area contributed by atoms with Crippen molar-refractivity contribution in [1.29, 1.82) is 0 Å². The molecule has 0 amide bonds. The largest absolute Gasteiger partial charge is 0.481 e. The van der Waals surface area contributed by atoms with Gasteiger partial charge in [-0.1, -0.05) is 26.7 Å². The van der Waals surface area contributed by atoms with Crippen molar-refractivity contribution in [2.24, 2.45) is 0 Å². The lowest BCUT2D eigenvalue weighted by Gasteiger charge is -2.17. The van der Waals surface area contributed by atoms with E-state index >= 15 is 0 Å². The standard InChI is InChI=1S/C13H24O5/c1-3-5-7-17-13(18-8-6-4-2)10-11(14)9-12(15)16/h13H,3-10H2,1-2H3,(H,15,16). The Kier molecular flexibility index (Phi) is 10.6. The van der Waals surface area contributed by atoms with E-state index in [4.69, 9.17) is 14.6 Å². The van der Waals surface area contributed by atoms with Crippen LogP contribution in [0.4, 0.5) is 0 Å². The number of ketones is 1. The summed E-state index contributed by atoms with van der Waals surface area (Å²) in [5.41, 5.74) is 0. The lowest BCUT2D eigenvalue weighted by molar-refractivity contribution is -0.158. The van der Waals surface area contributed by atoms with Crippen molar-refractivity contribution in [3.63, 3.8) is 0 Å². The Hall–Kier alpha value is -0.940. The fraction of sp³-hybridized carbons (Fsp3) is 0.846. The summed E-state index contributed by atoms with van der Waals surface area (Å²) in [5.74, 6) is -1.47. The van der Waals surface area contributed by atoms with Crippen LogP contribution in [0.5, 0.6) is 0 Å². The van der Waals surface area contributed by atoms with Crippen molar-refractivity contribution in [1.82, 2.24) is 0 Å². The van der Waals surface area contributed by atoms with Gasteiger partial charge in [-0.2, -0.15) is 0 Å². The molecule has 5 nitrogen and oxygen atoms in total. The van der Waals surface area contributed by atoms with E-state index in [-0.39, 0.29) is 12.2 Å². The van der Waals surface area contributed by atoms with E-state index in [2.05, 4.69) is 0 Å². The third-order valence-corrected chi connectivity index (χ3v) is 2.35. The molecule has 0 fully saturated rings. The molecule has 0 aliphatic carbocycles. The average Bonchev–Trinajstić information content (AvgIpc) is 2.28. The molecule has 5 heteroatoms. The highest BCUT2D eigenvalue weighted by Gasteiger charge is 2.16. The van der Waals surface area contributed by atoms with Crippen molar-refractivity contribution in [2.75, 3.05) is 13.2 Å². The second-order valence-corrected chi connectivity index (χ2v) is 4.19. The molecule has 0 rings (SSSR count). The van der Waals surface area contributed by atoms with Crippen LogP contribution >= 0.6 is 0 Å². The Morgan fingerprint density at radius 2 is 1.56 bits per heavy atom. The van der Waals surface area contributed by atoms with E-state index in [1.807, 2.05) is 13.8 Å². The molecule has 0 heterocycles. The van der Waals surface area contributed by atoms with Gasteiger partial charge in [-0.05, 0) is 12.8 Å². The summed E-state index contributed by atoms with van der Waals surface area (Å²) in [5, 5.41) is 8.52. The van der Waals surface area contributed by atoms with Gasteiger partial charge < -0.3 is 14.6 Å². The molecule has 0 aromatic heterocycles. The molecule has 0 radical (unpaired) electrons. The molecular weight excluding hydrogens is 236 g/mol. The molecule has 0 aliphatic rings. The molecule has 0 aromatic rings. The number of aliphatic carboxylic acids is 1. The molecule has 0 atom stereocenters. The number of carboxylic acids is 1. The number of carbonyl (C=O) groups excluding carboxylic acids is 1. The minimum absolute atomic E-state index is 0.0136. The maximum atomic E-state index is 11.4. The number of ether oxygens (including phenoxy) is 2. The van der Waals surface area contributed by atoms with E-state index in [9.17, 15) is 9.59 Å². The van der Waals surface area contributed by atoms with Gasteiger partial charge in [0.2, 0.25) is 0 Å². The fourth-order valence-corrected chi connectivity index (χ4v) is 1.31. The molecule has 106 valence electrons. The van der Waals surface area contributed by atoms with Gasteiger partial charge in [-0.3, -0.25) is 9.59 Å². The normalized spacial score (nSPS) is 10.8. The zero-order valence-electron chi connectivity index (χ0n) is 11.3. The van der Waals surface area contributed by atoms with Crippen LogP contribution in [-0.4, -0.2) is 36.4 Å². The molecule has 0 aromatic carbocycles. The number of hydrogen-bond donors (Lipinski definition) is 1. The molecule has 0 bridgehead atoms. The average molecular weight is 260 g/mol. The van der Waals surface area contributed by atoms with Gasteiger partial charge in [-0.15, -0.1) is 0 Å².